The summed E-state index contributed by atoms with van der Waals surface area (Å²) in [5.41, 5.74) is 8.68. The van der Waals surface area contributed by atoms with Gasteiger partial charge >= 0.3 is 0 Å². The van der Waals surface area contributed by atoms with Gasteiger partial charge in [-0.05, 0) is 12.8 Å². The van der Waals surface area contributed by atoms with Gasteiger partial charge in [0.05, 0.1) is 6.04 Å². The molecule has 2 aliphatic rings. The van der Waals surface area contributed by atoms with E-state index in [4.69, 9.17) is 5.73 Å². The van der Waals surface area contributed by atoms with Gasteiger partial charge in [-0.25, -0.2) is 0 Å². The molecule has 0 radical (unpaired) electrons. The molecule has 1 aromatic rings. The normalized spacial score (nSPS) is 22.1. The number of anilines is 1. The van der Waals surface area contributed by atoms with E-state index in [2.05, 4.69) is 15.1 Å². The van der Waals surface area contributed by atoms with Crippen molar-refractivity contribution < 1.29 is 0 Å². The average Bonchev–Trinajstić information content (AvgIpc) is 2.57. The number of nitrogens with two attached hydrogens (primary N) is 1. The molecule has 94 valence electrons. The van der Waals surface area contributed by atoms with Gasteiger partial charge in [0.2, 0.25) is 0 Å². The van der Waals surface area contributed by atoms with Crippen LogP contribution < -0.4 is 11.1 Å². The lowest BCUT2D eigenvalue weighted by Gasteiger charge is -2.21. The summed E-state index contributed by atoms with van der Waals surface area (Å²) in [5, 5.41) is 7.99. The van der Waals surface area contributed by atoms with Crippen LogP contribution in [0, 0.1) is 0 Å². The summed E-state index contributed by atoms with van der Waals surface area (Å²) in [6.45, 7) is 1.96. The molecule has 0 saturated heterocycles. The monoisotopic (exact) mass is 234 g/mol. The molecule has 0 bridgehead atoms. The molecule has 1 saturated carbocycles. The Balaban J connectivity index is 1.91. The lowest BCUT2D eigenvalue weighted by molar-refractivity contribution is 0.389. The zero-order chi connectivity index (χ0) is 11.7. The smallest absolute Gasteiger partial charge is 0.150 e. The largest absolute Gasteiger partial charge is 0.382 e. The summed E-state index contributed by atoms with van der Waals surface area (Å²) in [6, 6.07) is 0.599. The van der Waals surface area contributed by atoms with Crippen molar-refractivity contribution in [2.45, 2.75) is 57.5 Å². The standard InChI is InChI=1S/C13H22N4/c14-13-11-9-15-8-7-12(11)17(16-13)10-5-3-1-2-4-6-10/h10,15H,1-9H2,(H2,14,16). The van der Waals surface area contributed by atoms with Gasteiger partial charge < -0.3 is 11.1 Å². The first-order chi connectivity index (χ1) is 8.36. The predicted molar refractivity (Wildman–Crippen MR) is 68.8 cm³/mol. The molecule has 2 heterocycles. The van der Waals surface area contributed by atoms with Gasteiger partial charge in [0.25, 0.3) is 0 Å². The molecule has 1 aromatic heterocycles. The van der Waals surface area contributed by atoms with Crippen LogP contribution in [-0.4, -0.2) is 16.3 Å². The fourth-order valence-corrected chi connectivity index (χ4v) is 3.21. The van der Waals surface area contributed by atoms with Crippen LogP contribution in [0.3, 0.4) is 0 Å². The Hall–Kier alpha value is -1.03. The van der Waals surface area contributed by atoms with Crippen LogP contribution in [0.4, 0.5) is 5.82 Å². The summed E-state index contributed by atoms with van der Waals surface area (Å²) in [7, 11) is 0. The van der Waals surface area contributed by atoms with Crippen LogP contribution in [0.15, 0.2) is 0 Å². The van der Waals surface area contributed by atoms with Crippen molar-refractivity contribution >= 4 is 5.82 Å². The Bertz CT molecular complexity index is 388. The van der Waals surface area contributed by atoms with Crippen molar-refractivity contribution in [3.05, 3.63) is 11.3 Å². The van der Waals surface area contributed by atoms with Crippen molar-refractivity contribution in [1.82, 2.24) is 15.1 Å². The molecule has 0 atom stereocenters. The zero-order valence-electron chi connectivity index (χ0n) is 10.4. The summed E-state index contributed by atoms with van der Waals surface area (Å²) >= 11 is 0. The van der Waals surface area contributed by atoms with E-state index in [0.29, 0.717) is 6.04 Å². The first kappa shape index (κ1) is 11.1. The molecule has 3 N–H and O–H groups in total. The highest BCUT2D eigenvalue weighted by molar-refractivity contribution is 5.44. The average molecular weight is 234 g/mol. The minimum atomic E-state index is 0.599. The van der Waals surface area contributed by atoms with E-state index in [0.717, 1.165) is 25.3 Å². The SMILES string of the molecule is Nc1nn(C2CCCCCC2)c2c1CNCC2. The number of nitrogens with zero attached hydrogens (tertiary/aromatic N) is 2. The number of hydrogen-bond donors (Lipinski definition) is 2. The Labute approximate surface area is 103 Å². The van der Waals surface area contributed by atoms with E-state index in [1.807, 2.05) is 0 Å². The summed E-state index contributed by atoms with van der Waals surface area (Å²) in [4.78, 5) is 0. The lowest BCUT2D eigenvalue weighted by Crippen LogP contribution is -2.26. The maximum atomic E-state index is 6.04. The minimum Gasteiger partial charge on any atom is -0.382 e. The van der Waals surface area contributed by atoms with Crippen molar-refractivity contribution in [2.75, 3.05) is 12.3 Å². The number of hydrogen-bond acceptors (Lipinski definition) is 3. The van der Waals surface area contributed by atoms with Gasteiger partial charge in [-0.3, -0.25) is 4.68 Å². The summed E-state index contributed by atoms with van der Waals surface area (Å²) in [6.07, 6.45) is 9.10. The highest BCUT2D eigenvalue weighted by Crippen LogP contribution is 2.31. The molecule has 1 aliphatic heterocycles. The van der Waals surface area contributed by atoms with Gasteiger partial charge in [-0.15, -0.1) is 0 Å². The zero-order valence-corrected chi connectivity index (χ0v) is 10.4. The maximum absolute atomic E-state index is 6.04. The molecule has 0 unspecified atom stereocenters. The number of fused-ring (bicyclic) bond motifs is 1. The molecule has 1 fully saturated rings. The van der Waals surface area contributed by atoms with Crippen LogP contribution in [0.2, 0.25) is 0 Å². The quantitative estimate of drug-likeness (QED) is 0.731. The van der Waals surface area contributed by atoms with E-state index in [-0.39, 0.29) is 0 Å². The molecule has 17 heavy (non-hydrogen) atoms. The summed E-state index contributed by atoms with van der Waals surface area (Å²) in [5.74, 6) is 0.747. The van der Waals surface area contributed by atoms with Gasteiger partial charge in [-0.2, -0.15) is 5.10 Å². The Morgan fingerprint density at radius 3 is 2.71 bits per heavy atom. The number of nitrogen functional groups attached to an aromatic ring is 1. The molecule has 4 heteroatoms. The molecule has 0 spiro atoms. The molecular weight excluding hydrogens is 212 g/mol. The minimum absolute atomic E-state index is 0.599. The Morgan fingerprint density at radius 2 is 1.94 bits per heavy atom. The van der Waals surface area contributed by atoms with Gasteiger partial charge in [0.15, 0.2) is 0 Å². The van der Waals surface area contributed by atoms with Crippen LogP contribution in [0.25, 0.3) is 0 Å². The highest BCUT2D eigenvalue weighted by atomic mass is 15.3. The molecular formula is C13H22N4. The van der Waals surface area contributed by atoms with E-state index in [9.17, 15) is 0 Å². The number of nitrogens with one attached hydrogen (secondary N) is 1. The van der Waals surface area contributed by atoms with Crippen molar-refractivity contribution in [3.8, 4) is 0 Å². The molecule has 4 nitrogen and oxygen atoms in total. The summed E-state index contributed by atoms with van der Waals surface area (Å²) < 4.78 is 2.26. The Morgan fingerprint density at radius 1 is 1.18 bits per heavy atom. The number of rotatable bonds is 1. The van der Waals surface area contributed by atoms with Crippen molar-refractivity contribution in [3.63, 3.8) is 0 Å². The van der Waals surface area contributed by atoms with E-state index in [1.165, 1.54) is 49.8 Å². The second-order valence-electron chi connectivity index (χ2n) is 5.33. The fraction of sp³-hybridized carbons (Fsp3) is 0.769. The molecule has 0 aromatic carbocycles. The van der Waals surface area contributed by atoms with E-state index < -0.39 is 0 Å². The third kappa shape index (κ3) is 2.06. The van der Waals surface area contributed by atoms with Crippen molar-refractivity contribution in [2.24, 2.45) is 0 Å². The third-order valence-corrected chi connectivity index (χ3v) is 4.16. The first-order valence-electron chi connectivity index (χ1n) is 6.92. The lowest BCUT2D eigenvalue weighted by atomic mass is 10.1. The Kier molecular flexibility index (Phi) is 3.05. The van der Waals surface area contributed by atoms with Crippen LogP contribution in [0.5, 0.6) is 0 Å². The van der Waals surface area contributed by atoms with E-state index >= 15 is 0 Å². The second kappa shape index (κ2) is 4.69. The first-order valence-corrected chi connectivity index (χ1v) is 6.92. The molecule has 3 rings (SSSR count). The maximum Gasteiger partial charge on any atom is 0.150 e. The molecule has 0 amide bonds. The van der Waals surface area contributed by atoms with Crippen LogP contribution in [0.1, 0.15) is 55.8 Å². The topological polar surface area (TPSA) is 55.9 Å². The van der Waals surface area contributed by atoms with Gasteiger partial charge in [-0.1, -0.05) is 25.7 Å². The second-order valence-corrected chi connectivity index (χ2v) is 5.33. The van der Waals surface area contributed by atoms with Crippen LogP contribution >= 0.6 is 0 Å². The third-order valence-electron chi connectivity index (χ3n) is 4.16. The van der Waals surface area contributed by atoms with Crippen LogP contribution in [-0.2, 0) is 13.0 Å². The fourth-order valence-electron chi connectivity index (χ4n) is 3.21. The molecule has 1 aliphatic carbocycles. The number of aromatic nitrogens is 2. The predicted octanol–water partition coefficient (Wildman–Crippen LogP) is 2.01. The van der Waals surface area contributed by atoms with Gasteiger partial charge in [0.1, 0.15) is 5.82 Å². The van der Waals surface area contributed by atoms with Crippen molar-refractivity contribution in [1.29, 1.82) is 0 Å². The van der Waals surface area contributed by atoms with Gasteiger partial charge in [0, 0.05) is 30.8 Å². The highest BCUT2D eigenvalue weighted by Gasteiger charge is 2.24. The van der Waals surface area contributed by atoms with E-state index in [1.54, 1.807) is 0 Å².